The fourth-order valence-corrected chi connectivity index (χ4v) is 1.80. The highest BCUT2D eigenvalue weighted by atomic mass is 16.5. The molecule has 1 aromatic carbocycles. The minimum absolute atomic E-state index is 0.0228. The van der Waals surface area contributed by atoms with Crippen molar-refractivity contribution in [2.75, 3.05) is 19.8 Å². The molecular weight excluding hydrogens is 236 g/mol. The van der Waals surface area contributed by atoms with E-state index in [1.165, 1.54) is 0 Å². The molecule has 18 heavy (non-hydrogen) atoms. The number of para-hydroxylation sites is 1. The second-order valence-electron chi connectivity index (χ2n) is 3.75. The number of fused-ring (bicyclic) bond motifs is 1. The summed E-state index contributed by atoms with van der Waals surface area (Å²) in [5, 5.41) is 17.7. The first kappa shape index (κ1) is 12.5. The summed E-state index contributed by atoms with van der Waals surface area (Å²) in [7, 11) is 0. The van der Waals surface area contributed by atoms with Crippen LogP contribution < -0.4 is 0 Å². The smallest absolute Gasteiger partial charge is 0.337 e. The van der Waals surface area contributed by atoms with E-state index < -0.39 is 5.97 Å². The van der Waals surface area contributed by atoms with Gasteiger partial charge in [-0.25, -0.2) is 9.78 Å². The standard InChI is InChI=1S/C12H14N2O4/c15-5-7-18-6-4-14-8-13-10-3-1-2-9(11(10)14)12(16)17/h1-3,8,15H,4-7H2,(H,16,17). The zero-order valence-corrected chi connectivity index (χ0v) is 9.74. The largest absolute Gasteiger partial charge is 0.478 e. The van der Waals surface area contributed by atoms with Gasteiger partial charge in [-0.15, -0.1) is 0 Å². The molecule has 1 heterocycles. The van der Waals surface area contributed by atoms with Crippen molar-refractivity contribution in [3.63, 3.8) is 0 Å². The van der Waals surface area contributed by atoms with Crippen molar-refractivity contribution in [2.24, 2.45) is 0 Å². The number of nitrogens with zero attached hydrogens (tertiary/aromatic N) is 2. The Kier molecular flexibility index (Phi) is 3.91. The molecule has 0 bridgehead atoms. The Morgan fingerprint density at radius 2 is 2.22 bits per heavy atom. The third-order valence-electron chi connectivity index (χ3n) is 2.58. The van der Waals surface area contributed by atoms with Gasteiger partial charge in [-0.2, -0.15) is 0 Å². The molecule has 2 N–H and O–H groups in total. The van der Waals surface area contributed by atoms with Gasteiger partial charge in [0.25, 0.3) is 0 Å². The number of hydrogen-bond donors (Lipinski definition) is 2. The number of aliphatic hydroxyl groups is 1. The van der Waals surface area contributed by atoms with Crippen LogP contribution in [0, 0.1) is 0 Å². The normalized spacial score (nSPS) is 10.9. The first-order valence-electron chi connectivity index (χ1n) is 5.60. The Bertz CT molecular complexity index is 550. The van der Waals surface area contributed by atoms with E-state index in [0.717, 1.165) is 0 Å². The molecule has 0 aliphatic rings. The van der Waals surface area contributed by atoms with Crippen LogP contribution in [-0.4, -0.2) is 45.6 Å². The Morgan fingerprint density at radius 1 is 1.39 bits per heavy atom. The number of aromatic carboxylic acids is 1. The van der Waals surface area contributed by atoms with Gasteiger partial charge in [-0.3, -0.25) is 0 Å². The van der Waals surface area contributed by atoms with Crippen LogP contribution in [0.2, 0.25) is 0 Å². The lowest BCUT2D eigenvalue weighted by Gasteiger charge is -2.06. The van der Waals surface area contributed by atoms with Crippen molar-refractivity contribution in [2.45, 2.75) is 6.54 Å². The average Bonchev–Trinajstić information content (AvgIpc) is 2.77. The summed E-state index contributed by atoms with van der Waals surface area (Å²) in [6.07, 6.45) is 1.60. The first-order chi connectivity index (χ1) is 8.74. The highest BCUT2D eigenvalue weighted by molar-refractivity contribution is 6.01. The van der Waals surface area contributed by atoms with Gasteiger partial charge in [0.05, 0.1) is 42.7 Å². The van der Waals surface area contributed by atoms with Crippen LogP contribution in [0.4, 0.5) is 0 Å². The quantitative estimate of drug-likeness (QED) is 0.739. The van der Waals surface area contributed by atoms with Crippen LogP contribution >= 0.6 is 0 Å². The predicted molar refractivity (Wildman–Crippen MR) is 64.6 cm³/mol. The third-order valence-corrected chi connectivity index (χ3v) is 2.58. The molecule has 0 saturated carbocycles. The lowest BCUT2D eigenvalue weighted by atomic mass is 10.2. The number of aromatic nitrogens is 2. The number of carbonyl (C=O) groups is 1. The molecule has 0 atom stereocenters. The van der Waals surface area contributed by atoms with E-state index in [2.05, 4.69) is 4.98 Å². The summed E-state index contributed by atoms with van der Waals surface area (Å²) in [4.78, 5) is 15.3. The number of imidazole rings is 1. The topological polar surface area (TPSA) is 84.6 Å². The van der Waals surface area contributed by atoms with Crippen LogP contribution in [0.15, 0.2) is 24.5 Å². The van der Waals surface area contributed by atoms with Crippen molar-refractivity contribution in [1.82, 2.24) is 9.55 Å². The van der Waals surface area contributed by atoms with Crippen molar-refractivity contribution < 1.29 is 19.7 Å². The molecule has 2 rings (SSSR count). The van der Waals surface area contributed by atoms with Crippen molar-refractivity contribution in [3.8, 4) is 0 Å². The van der Waals surface area contributed by atoms with E-state index >= 15 is 0 Å². The minimum Gasteiger partial charge on any atom is -0.478 e. The van der Waals surface area contributed by atoms with E-state index in [1.54, 1.807) is 29.1 Å². The van der Waals surface area contributed by atoms with Gasteiger partial charge < -0.3 is 19.5 Å². The molecule has 2 aromatic rings. The highest BCUT2D eigenvalue weighted by Crippen LogP contribution is 2.17. The molecule has 6 nitrogen and oxygen atoms in total. The van der Waals surface area contributed by atoms with Crippen LogP contribution in [0.1, 0.15) is 10.4 Å². The Morgan fingerprint density at radius 3 is 2.94 bits per heavy atom. The molecular formula is C12H14N2O4. The molecule has 0 unspecified atom stereocenters. The van der Waals surface area contributed by atoms with Crippen molar-refractivity contribution in [3.05, 3.63) is 30.1 Å². The summed E-state index contributed by atoms with van der Waals surface area (Å²) in [6, 6.07) is 5.00. The molecule has 0 saturated heterocycles. The second-order valence-corrected chi connectivity index (χ2v) is 3.75. The maximum absolute atomic E-state index is 11.1. The maximum atomic E-state index is 11.1. The Balaban J connectivity index is 2.25. The van der Waals surface area contributed by atoms with Gasteiger partial charge >= 0.3 is 5.97 Å². The third kappa shape index (κ3) is 2.49. The SMILES string of the molecule is O=C(O)c1cccc2ncn(CCOCCO)c12. The molecule has 0 aliphatic heterocycles. The van der Waals surface area contributed by atoms with E-state index in [9.17, 15) is 4.79 Å². The van der Waals surface area contributed by atoms with Crippen molar-refractivity contribution in [1.29, 1.82) is 0 Å². The maximum Gasteiger partial charge on any atom is 0.337 e. The first-order valence-corrected chi connectivity index (χ1v) is 5.60. The molecule has 0 fully saturated rings. The number of hydrogen-bond acceptors (Lipinski definition) is 4. The van der Waals surface area contributed by atoms with E-state index in [4.69, 9.17) is 14.9 Å². The molecule has 0 spiro atoms. The van der Waals surface area contributed by atoms with E-state index in [0.29, 0.717) is 24.2 Å². The monoisotopic (exact) mass is 250 g/mol. The number of carboxylic acids is 1. The summed E-state index contributed by atoms with van der Waals surface area (Å²) in [5.74, 6) is -0.973. The molecule has 96 valence electrons. The van der Waals surface area contributed by atoms with Crippen LogP contribution in [0.3, 0.4) is 0 Å². The second kappa shape index (κ2) is 5.61. The Labute approximate surface area is 103 Å². The summed E-state index contributed by atoms with van der Waals surface area (Å²) >= 11 is 0. The fraction of sp³-hybridized carbons (Fsp3) is 0.333. The predicted octanol–water partition coefficient (Wildman–Crippen LogP) is 0.743. The van der Waals surface area contributed by atoms with E-state index in [-0.39, 0.29) is 18.8 Å². The molecule has 0 radical (unpaired) electrons. The summed E-state index contributed by atoms with van der Waals surface area (Å²) < 4.78 is 6.91. The van der Waals surface area contributed by atoms with Gasteiger partial charge in [-0.1, -0.05) is 6.07 Å². The Hall–Kier alpha value is -1.92. The lowest BCUT2D eigenvalue weighted by molar-refractivity contribution is 0.0698. The van der Waals surface area contributed by atoms with Gasteiger partial charge in [0.2, 0.25) is 0 Å². The summed E-state index contributed by atoms with van der Waals surface area (Å²) in [6.45, 7) is 1.16. The van der Waals surface area contributed by atoms with E-state index in [1.807, 2.05) is 0 Å². The summed E-state index contributed by atoms with van der Waals surface area (Å²) in [5.41, 5.74) is 1.47. The zero-order chi connectivity index (χ0) is 13.0. The molecule has 0 aliphatic carbocycles. The number of ether oxygens (including phenoxy) is 1. The number of aliphatic hydroxyl groups excluding tert-OH is 1. The average molecular weight is 250 g/mol. The van der Waals surface area contributed by atoms with Gasteiger partial charge in [0.15, 0.2) is 0 Å². The highest BCUT2D eigenvalue weighted by Gasteiger charge is 2.12. The molecule has 0 amide bonds. The van der Waals surface area contributed by atoms with Gasteiger partial charge in [0, 0.05) is 6.54 Å². The number of rotatable bonds is 6. The van der Waals surface area contributed by atoms with Gasteiger partial charge in [-0.05, 0) is 12.1 Å². The number of benzene rings is 1. The van der Waals surface area contributed by atoms with Crippen molar-refractivity contribution >= 4 is 17.0 Å². The van der Waals surface area contributed by atoms with Crippen LogP contribution in [0.5, 0.6) is 0 Å². The van der Waals surface area contributed by atoms with Crippen LogP contribution in [0.25, 0.3) is 11.0 Å². The zero-order valence-electron chi connectivity index (χ0n) is 9.74. The van der Waals surface area contributed by atoms with Crippen LogP contribution in [-0.2, 0) is 11.3 Å². The number of carboxylic acid groups (broad SMARTS) is 1. The van der Waals surface area contributed by atoms with Gasteiger partial charge in [0.1, 0.15) is 0 Å². The molecule has 6 heteroatoms. The minimum atomic E-state index is -0.973. The lowest BCUT2D eigenvalue weighted by Crippen LogP contribution is -2.09. The fourth-order valence-electron chi connectivity index (χ4n) is 1.80. The molecule has 1 aromatic heterocycles.